The minimum absolute atomic E-state index is 0.553. The van der Waals surface area contributed by atoms with Crippen LogP contribution in [0.15, 0.2) is 0 Å². The molecule has 1 N–H and O–H groups in total. The fourth-order valence-electron chi connectivity index (χ4n) is 4.16. The van der Waals surface area contributed by atoms with Crippen molar-refractivity contribution in [1.82, 2.24) is 5.32 Å². The standard InChI is InChI=1S/C15H29NS/c1-14(2)12-7-8-15(14,3)13(11-12)16-9-5-6-10-17-4/h12-13,16H,5-11H2,1-4H3. The molecule has 2 aliphatic carbocycles. The molecule has 1 nitrogen and oxygen atoms in total. The topological polar surface area (TPSA) is 12.0 Å². The number of fused-ring (bicyclic) bond motifs is 2. The first kappa shape index (κ1) is 13.7. The van der Waals surface area contributed by atoms with Crippen LogP contribution in [0, 0.1) is 16.7 Å². The van der Waals surface area contributed by atoms with Gasteiger partial charge in [0.2, 0.25) is 0 Å². The summed E-state index contributed by atoms with van der Waals surface area (Å²) in [6.45, 7) is 8.75. The van der Waals surface area contributed by atoms with Crippen LogP contribution in [0.2, 0.25) is 0 Å². The monoisotopic (exact) mass is 255 g/mol. The van der Waals surface area contributed by atoms with Crippen LogP contribution in [0.5, 0.6) is 0 Å². The molecule has 2 rings (SSSR count). The fraction of sp³-hybridized carbons (Fsp3) is 1.00. The maximum absolute atomic E-state index is 3.86. The van der Waals surface area contributed by atoms with E-state index in [4.69, 9.17) is 0 Å². The van der Waals surface area contributed by atoms with Crippen molar-refractivity contribution in [1.29, 1.82) is 0 Å². The molecular formula is C15H29NS. The van der Waals surface area contributed by atoms with Crippen LogP contribution in [-0.4, -0.2) is 24.6 Å². The quantitative estimate of drug-likeness (QED) is 0.722. The van der Waals surface area contributed by atoms with Crippen molar-refractivity contribution in [3.05, 3.63) is 0 Å². The van der Waals surface area contributed by atoms with E-state index in [1.54, 1.807) is 0 Å². The second-order valence-corrected chi connectivity index (χ2v) is 7.80. The van der Waals surface area contributed by atoms with Gasteiger partial charge in [-0.25, -0.2) is 0 Å². The number of thioether (sulfide) groups is 1. The first-order chi connectivity index (χ1) is 8.02. The lowest BCUT2D eigenvalue weighted by atomic mass is 9.69. The molecule has 2 heteroatoms. The fourth-order valence-corrected chi connectivity index (χ4v) is 4.65. The highest BCUT2D eigenvalue weighted by molar-refractivity contribution is 7.98. The van der Waals surface area contributed by atoms with Crippen molar-refractivity contribution in [2.24, 2.45) is 16.7 Å². The summed E-state index contributed by atoms with van der Waals surface area (Å²) in [7, 11) is 0. The van der Waals surface area contributed by atoms with Gasteiger partial charge in [-0.3, -0.25) is 0 Å². The molecule has 0 aromatic rings. The van der Waals surface area contributed by atoms with Crippen molar-refractivity contribution in [3.63, 3.8) is 0 Å². The average Bonchev–Trinajstić information content (AvgIpc) is 2.61. The number of hydrogen-bond acceptors (Lipinski definition) is 2. The summed E-state index contributed by atoms with van der Waals surface area (Å²) >= 11 is 1.97. The highest BCUT2D eigenvalue weighted by atomic mass is 32.2. The molecule has 100 valence electrons. The first-order valence-corrected chi connectivity index (χ1v) is 8.64. The first-order valence-electron chi connectivity index (χ1n) is 7.24. The van der Waals surface area contributed by atoms with Gasteiger partial charge in [0.25, 0.3) is 0 Å². The number of hydrogen-bond donors (Lipinski definition) is 1. The Morgan fingerprint density at radius 3 is 2.53 bits per heavy atom. The van der Waals surface area contributed by atoms with E-state index in [0.717, 1.165) is 12.0 Å². The third-order valence-electron chi connectivity index (χ3n) is 5.96. The molecule has 0 aromatic carbocycles. The molecule has 2 aliphatic rings. The molecule has 2 saturated carbocycles. The summed E-state index contributed by atoms with van der Waals surface area (Å²) in [5, 5.41) is 3.86. The summed E-state index contributed by atoms with van der Waals surface area (Å²) in [4.78, 5) is 0. The Labute approximate surface area is 112 Å². The highest BCUT2D eigenvalue weighted by Gasteiger charge is 2.60. The second-order valence-electron chi connectivity index (χ2n) is 6.82. The molecule has 2 bridgehead atoms. The van der Waals surface area contributed by atoms with Crippen LogP contribution >= 0.6 is 11.8 Å². The molecule has 0 aromatic heterocycles. The number of nitrogens with one attached hydrogen (secondary N) is 1. The SMILES string of the molecule is CSCCCCNC1CC2CCC1(C)C2(C)C. The highest BCUT2D eigenvalue weighted by Crippen LogP contribution is 2.65. The normalized spacial score (nSPS) is 38.8. The molecule has 17 heavy (non-hydrogen) atoms. The summed E-state index contributed by atoms with van der Waals surface area (Å²) in [6.07, 6.45) is 9.24. The zero-order valence-corrected chi connectivity index (χ0v) is 12.8. The van der Waals surface area contributed by atoms with Gasteiger partial charge in [-0.05, 0) is 67.4 Å². The van der Waals surface area contributed by atoms with Gasteiger partial charge >= 0.3 is 0 Å². The Kier molecular flexibility index (Phi) is 4.14. The van der Waals surface area contributed by atoms with E-state index in [1.807, 2.05) is 11.8 Å². The molecule has 0 saturated heterocycles. The summed E-state index contributed by atoms with van der Waals surface area (Å²) in [5.41, 5.74) is 1.11. The predicted molar refractivity (Wildman–Crippen MR) is 78.6 cm³/mol. The van der Waals surface area contributed by atoms with Gasteiger partial charge in [0.15, 0.2) is 0 Å². The number of unbranched alkanes of at least 4 members (excludes halogenated alkanes) is 1. The van der Waals surface area contributed by atoms with Crippen LogP contribution in [0.4, 0.5) is 0 Å². The zero-order valence-electron chi connectivity index (χ0n) is 12.0. The van der Waals surface area contributed by atoms with Gasteiger partial charge in [0.1, 0.15) is 0 Å². The summed E-state index contributed by atoms with van der Waals surface area (Å²) in [6, 6.07) is 0.783. The van der Waals surface area contributed by atoms with Crippen LogP contribution in [0.1, 0.15) is 52.9 Å². The van der Waals surface area contributed by atoms with E-state index >= 15 is 0 Å². The van der Waals surface area contributed by atoms with E-state index in [2.05, 4.69) is 32.3 Å². The summed E-state index contributed by atoms with van der Waals surface area (Å²) in [5.74, 6) is 2.29. The molecule has 0 amide bonds. The van der Waals surface area contributed by atoms with Gasteiger partial charge in [-0.1, -0.05) is 20.8 Å². The Morgan fingerprint density at radius 2 is 2.00 bits per heavy atom. The lowest BCUT2D eigenvalue weighted by Crippen LogP contribution is -2.44. The van der Waals surface area contributed by atoms with Gasteiger partial charge in [-0.2, -0.15) is 11.8 Å². The molecule has 0 spiro atoms. The Hall–Kier alpha value is 0.310. The van der Waals surface area contributed by atoms with Crippen LogP contribution in [0.25, 0.3) is 0 Å². The van der Waals surface area contributed by atoms with Crippen molar-refractivity contribution in [2.45, 2.75) is 58.9 Å². The smallest absolute Gasteiger partial charge is 0.0129 e. The third kappa shape index (κ3) is 2.28. The van der Waals surface area contributed by atoms with Gasteiger partial charge in [0, 0.05) is 6.04 Å². The van der Waals surface area contributed by atoms with E-state index in [1.165, 1.54) is 44.4 Å². The minimum atomic E-state index is 0.553. The predicted octanol–water partition coefficient (Wildman–Crippen LogP) is 3.93. The van der Waals surface area contributed by atoms with Crippen LogP contribution < -0.4 is 5.32 Å². The third-order valence-corrected chi connectivity index (χ3v) is 6.66. The van der Waals surface area contributed by atoms with E-state index in [-0.39, 0.29) is 0 Å². The lowest BCUT2D eigenvalue weighted by molar-refractivity contribution is 0.121. The minimum Gasteiger partial charge on any atom is -0.313 e. The van der Waals surface area contributed by atoms with Gasteiger partial charge in [-0.15, -0.1) is 0 Å². The summed E-state index contributed by atoms with van der Waals surface area (Å²) < 4.78 is 0. The molecule has 0 aliphatic heterocycles. The van der Waals surface area contributed by atoms with E-state index < -0.39 is 0 Å². The Balaban J connectivity index is 1.80. The maximum Gasteiger partial charge on any atom is 0.0129 e. The van der Waals surface area contributed by atoms with Gasteiger partial charge in [0.05, 0.1) is 0 Å². The average molecular weight is 255 g/mol. The molecule has 0 heterocycles. The molecule has 3 unspecified atom stereocenters. The maximum atomic E-state index is 3.86. The molecular weight excluding hydrogens is 226 g/mol. The Bertz CT molecular complexity index is 264. The van der Waals surface area contributed by atoms with Crippen LogP contribution in [-0.2, 0) is 0 Å². The van der Waals surface area contributed by atoms with Crippen LogP contribution in [0.3, 0.4) is 0 Å². The number of rotatable bonds is 6. The molecule has 2 fully saturated rings. The zero-order chi connectivity index (χ0) is 12.5. The molecule has 3 atom stereocenters. The molecule has 0 radical (unpaired) electrons. The van der Waals surface area contributed by atoms with E-state index in [0.29, 0.717) is 10.8 Å². The van der Waals surface area contributed by atoms with Gasteiger partial charge < -0.3 is 5.32 Å². The second kappa shape index (κ2) is 5.13. The van der Waals surface area contributed by atoms with Crippen molar-refractivity contribution in [3.8, 4) is 0 Å². The largest absolute Gasteiger partial charge is 0.313 e. The lowest BCUT2D eigenvalue weighted by Gasteiger charge is -2.39. The van der Waals surface area contributed by atoms with Crippen molar-refractivity contribution in [2.75, 3.05) is 18.6 Å². The van der Waals surface area contributed by atoms with Crippen molar-refractivity contribution >= 4 is 11.8 Å². The van der Waals surface area contributed by atoms with Crippen molar-refractivity contribution < 1.29 is 0 Å². The Morgan fingerprint density at radius 1 is 1.24 bits per heavy atom. The van der Waals surface area contributed by atoms with E-state index in [9.17, 15) is 0 Å².